The van der Waals surface area contributed by atoms with Gasteiger partial charge in [0.15, 0.2) is 17.3 Å². The molecule has 1 aliphatic heterocycles. The molecule has 0 aliphatic carbocycles. The smallest absolute Gasteiger partial charge is 0.497 e. The van der Waals surface area contributed by atoms with Gasteiger partial charge >= 0.3 is 6.36 Å². The fourth-order valence-electron chi connectivity index (χ4n) is 17.3. The maximum atomic E-state index is 12.6. The van der Waals surface area contributed by atoms with Gasteiger partial charge in [-0.15, -0.1) is 13.2 Å². The second-order valence-corrected chi connectivity index (χ2v) is 32.6. The molecular formula is C114H98F3N15O14. The molecule has 29 nitrogen and oxygen atoms in total. The number of methoxy groups -OCH3 is 6. The van der Waals surface area contributed by atoms with Crippen molar-refractivity contribution >= 4 is 106 Å². The fraction of sp³-hybridized carbons (Fsp3) is 0.175. The van der Waals surface area contributed by atoms with Gasteiger partial charge in [0.25, 0.3) is 17.5 Å². The summed E-state index contributed by atoms with van der Waals surface area (Å²) in [5, 5.41) is 69.8. The molecule has 0 bridgehead atoms. The number of hydrogen-bond acceptors (Lipinski definition) is 20. The van der Waals surface area contributed by atoms with Crippen LogP contribution in [0.5, 0.6) is 51.7 Å². The second kappa shape index (κ2) is 45.7. The van der Waals surface area contributed by atoms with E-state index in [1.807, 2.05) is 229 Å². The number of nitriles is 5. The van der Waals surface area contributed by atoms with Crippen LogP contribution >= 0.6 is 0 Å². The third-order valence-electron chi connectivity index (χ3n) is 24.3. The number of alkyl halides is 3. The zero-order valence-corrected chi connectivity index (χ0v) is 81.9. The molecular weight excluding hydrogens is 1860 g/mol. The summed E-state index contributed by atoms with van der Waals surface area (Å²) in [4.78, 5) is 47.5. The van der Waals surface area contributed by atoms with E-state index < -0.39 is 11.3 Å². The number of benzene rings is 12. The second-order valence-electron chi connectivity index (χ2n) is 32.6. The van der Waals surface area contributed by atoms with E-state index in [-0.39, 0.29) is 41.4 Å². The molecule has 734 valence electrons. The molecule has 7 heterocycles. The first-order valence-electron chi connectivity index (χ1n) is 46.0. The fourth-order valence-corrected chi connectivity index (χ4v) is 17.3. The van der Waals surface area contributed by atoms with Gasteiger partial charge in [0.1, 0.15) is 99.0 Å². The average Bonchev–Trinajstić information content (AvgIpc) is 1.59. The van der Waals surface area contributed by atoms with Crippen LogP contribution in [-0.2, 0) is 32.7 Å². The van der Waals surface area contributed by atoms with E-state index in [1.165, 1.54) is 42.5 Å². The predicted molar refractivity (Wildman–Crippen MR) is 555 cm³/mol. The minimum Gasteiger partial charge on any atom is -0.497 e. The molecule has 0 fully saturated rings. The lowest BCUT2D eigenvalue weighted by molar-refractivity contribution is -0.384. The number of nitro benzene ring substituents is 1. The minimum atomic E-state index is -4.74. The number of non-ortho nitro benzene ring substituents is 1. The van der Waals surface area contributed by atoms with Gasteiger partial charge in [0.2, 0.25) is 6.79 Å². The number of Topliss-reactive ketones (excluding diaryl/α,β-unsaturated/α-hetero) is 1. The van der Waals surface area contributed by atoms with Gasteiger partial charge in [-0.05, 0) is 242 Å². The number of carbonyl (C=O) groups is 3. The number of fused-ring (bicyclic) bond motifs is 7. The lowest BCUT2D eigenvalue weighted by atomic mass is 10.1. The third-order valence-corrected chi connectivity index (χ3v) is 24.3. The number of anilines is 3. The van der Waals surface area contributed by atoms with Crippen LogP contribution in [0.3, 0.4) is 0 Å². The van der Waals surface area contributed by atoms with Crippen molar-refractivity contribution in [3.8, 4) is 122 Å². The standard InChI is InChI=1S/C20H19N3O2.C20H17N3O.C19H15F3N2O2.C19H16N2O3.C18H14N4O3.C18H17NO3/c1-4-23-18-11-15(25-3)8-9-16(18)17(12-21)19(23)22-20(24)14-7-5-6-13(2)10-14;1-3-23-19(11-6-14-4-7-15(22)8-5-14)18(13-21)17-10-9-16(24-2)12-20(17)23;1-3-24-17-10-14(25-2)8-9-15(17)16(11-23)18(24)12-4-6-13(7-5-12)26-19(20,21)22;1-3-21-16-9-13(22-2)5-6-14(16)15(10-20)19(21)12-4-7-17-18(8-12)24-11-23-17;1-2-21-16-10-13(22(24)25)8-9-14(16)15(11-19)17(21)20-18(23)12-6-4-3-5-7-12;1-12(20)17-11-19(13-4-6-14(21-2)7-5-13)18-10-15(22-3)8-9-16(17)18/h5-11H,4H2,1-3H3,(H,22,24);4-5,7-10,12H,3,22H2,1-2H3;4-10H,3H2,1-2H3;4-9H,3,11H2,1-2H3;3-10H,2H2,1H3,(H,20,23);4-11H,1-3H3. The Labute approximate surface area is 838 Å². The Kier molecular flexibility index (Phi) is 32.1. The summed E-state index contributed by atoms with van der Waals surface area (Å²) >= 11 is 0. The van der Waals surface area contributed by atoms with Crippen LogP contribution < -0.4 is 59.0 Å². The summed E-state index contributed by atoms with van der Waals surface area (Å²) in [6.07, 6.45) is -2.87. The highest BCUT2D eigenvalue weighted by molar-refractivity contribution is 6.10. The van der Waals surface area contributed by atoms with Crippen LogP contribution in [0.2, 0.25) is 0 Å². The number of ether oxygens (including phenoxy) is 9. The van der Waals surface area contributed by atoms with Crippen molar-refractivity contribution < 1.29 is 75.1 Å². The summed E-state index contributed by atoms with van der Waals surface area (Å²) in [5.74, 6) is 12.2. The van der Waals surface area contributed by atoms with Gasteiger partial charge in [0.05, 0.1) is 109 Å². The molecule has 19 rings (SSSR count). The zero-order chi connectivity index (χ0) is 104. The first kappa shape index (κ1) is 103. The highest BCUT2D eigenvalue weighted by atomic mass is 19.4. The summed E-state index contributed by atoms with van der Waals surface area (Å²) in [6, 6.07) is 86.1. The number of halogens is 3. The highest BCUT2D eigenvalue weighted by Crippen LogP contribution is 2.44. The minimum absolute atomic E-state index is 0.0439. The van der Waals surface area contributed by atoms with Gasteiger partial charge < -0.3 is 86.4 Å². The molecule has 0 unspecified atom stereocenters. The summed E-state index contributed by atoms with van der Waals surface area (Å²) < 4.78 is 95.2. The number of rotatable bonds is 21. The molecule has 0 radical (unpaired) electrons. The van der Waals surface area contributed by atoms with Crippen LogP contribution in [0.1, 0.15) is 117 Å². The molecule has 0 saturated heterocycles. The van der Waals surface area contributed by atoms with Crippen molar-refractivity contribution in [3.63, 3.8) is 0 Å². The zero-order valence-electron chi connectivity index (χ0n) is 81.9. The highest BCUT2D eigenvalue weighted by Gasteiger charge is 2.32. The van der Waals surface area contributed by atoms with Crippen LogP contribution in [0, 0.1) is 85.5 Å². The average molecular weight is 1960 g/mol. The Hall–Kier alpha value is -19.3. The van der Waals surface area contributed by atoms with Gasteiger partial charge in [-0.2, -0.15) is 26.3 Å². The number of carbonyl (C=O) groups excluding carboxylic acids is 3. The monoisotopic (exact) mass is 1960 g/mol. The quantitative estimate of drug-likeness (QED) is 0.0198. The normalized spacial score (nSPS) is 10.9. The van der Waals surface area contributed by atoms with Crippen LogP contribution in [-0.4, -0.2) is 106 Å². The van der Waals surface area contributed by atoms with Crippen molar-refractivity contribution in [2.75, 3.05) is 65.8 Å². The Morgan fingerprint density at radius 3 is 1.30 bits per heavy atom. The van der Waals surface area contributed by atoms with Crippen molar-refractivity contribution in [1.82, 2.24) is 27.4 Å². The van der Waals surface area contributed by atoms with Crippen molar-refractivity contribution in [2.45, 2.75) is 87.6 Å². The van der Waals surface area contributed by atoms with Gasteiger partial charge in [-0.1, -0.05) is 41.8 Å². The van der Waals surface area contributed by atoms with E-state index in [0.717, 1.165) is 130 Å². The van der Waals surface area contributed by atoms with Crippen molar-refractivity contribution in [1.29, 1.82) is 26.3 Å². The maximum absolute atomic E-state index is 12.6. The summed E-state index contributed by atoms with van der Waals surface area (Å²) in [7, 11) is 9.71. The lowest BCUT2D eigenvalue weighted by Crippen LogP contribution is -2.16. The van der Waals surface area contributed by atoms with E-state index in [4.69, 9.17) is 43.6 Å². The van der Waals surface area contributed by atoms with E-state index in [0.29, 0.717) is 115 Å². The van der Waals surface area contributed by atoms with Gasteiger partial charge in [-0.25, -0.2) is 0 Å². The number of aryl methyl sites for hydroxylation is 6. The van der Waals surface area contributed by atoms with Crippen LogP contribution in [0.15, 0.2) is 261 Å². The van der Waals surface area contributed by atoms with Gasteiger partial charge in [0, 0.05) is 153 Å². The number of nitrogen functional groups attached to an aromatic ring is 1. The number of nitro groups is 1. The number of nitrogens with one attached hydrogen (secondary N) is 2. The third kappa shape index (κ3) is 21.8. The summed E-state index contributed by atoms with van der Waals surface area (Å²) in [6.45, 7) is 16.7. The number of hydrogen-bond donors (Lipinski definition) is 3. The van der Waals surface area contributed by atoms with E-state index in [2.05, 4.69) is 69.0 Å². The molecule has 0 atom stereocenters. The van der Waals surface area contributed by atoms with Crippen molar-refractivity contribution in [3.05, 3.63) is 332 Å². The molecule has 12 aromatic carbocycles. The molecule has 1 aliphatic rings. The van der Waals surface area contributed by atoms with Gasteiger partial charge in [-0.3, -0.25) is 24.5 Å². The number of aromatic nitrogens is 6. The summed E-state index contributed by atoms with van der Waals surface area (Å²) in [5.41, 5.74) is 22.3. The Morgan fingerprint density at radius 2 is 0.836 bits per heavy atom. The first-order valence-corrected chi connectivity index (χ1v) is 46.0. The molecule has 18 aromatic rings. The predicted octanol–water partition coefficient (Wildman–Crippen LogP) is 24.2. The molecule has 6 aromatic heterocycles. The Morgan fingerprint density at radius 1 is 0.425 bits per heavy atom. The topological polar surface area (TPSA) is 376 Å². The molecule has 32 heteroatoms. The molecule has 0 spiro atoms. The SMILES string of the molecule is CCn1c(-c2ccc(OC(F)(F)F)cc2)c(C#N)c2ccc(OC)cc21.CCn1c(-c2ccc3c(c2)OCO3)c(C#N)c2ccc(OC)cc21.CCn1c(C#Cc2ccc(N)cc2)c(C#N)c2ccc(OC)cc21.CCn1c(NC(=O)c2cccc(C)c2)c(C#N)c2ccc(OC)cc21.CCn1c(NC(=O)c2ccccc2)c(C#N)c2ccc([N+](=O)[O-])cc21.COc1ccc(-n2cc(C(C)=O)c3ccc(OC)cc32)cc1. The Balaban J connectivity index is 0.000000139. The van der Waals surface area contributed by atoms with E-state index in [1.54, 1.807) is 96.6 Å². The maximum Gasteiger partial charge on any atom is 0.573 e. The lowest BCUT2D eigenvalue weighted by Gasteiger charge is -2.11. The number of amides is 2. The molecule has 146 heavy (non-hydrogen) atoms. The van der Waals surface area contributed by atoms with Crippen LogP contribution in [0.4, 0.5) is 36.2 Å². The molecule has 2 amide bonds. The van der Waals surface area contributed by atoms with Crippen LogP contribution in [0.25, 0.3) is 93.6 Å². The van der Waals surface area contributed by atoms with E-state index >= 15 is 0 Å². The largest absolute Gasteiger partial charge is 0.573 e. The number of nitrogens with zero attached hydrogens (tertiary/aromatic N) is 12. The first-order chi connectivity index (χ1) is 70.6. The number of ketones is 1. The number of nitrogens with two attached hydrogens (primary N) is 1. The molecule has 4 N–H and O–H groups in total. The Bertz CT molecular complexity index is 8310. The van der Waals surface area contributed by atoms with E-state index in [9.17, 15) is 64.0 Å². The molecule has 0 saturated carbocycles. The van der Waals surface area contributed by atoms with Crippen molar-refractivity contribution in [2.24, 2.45) is 0 Å².